The van der Waals surface area contributed by atoms with Crippen molar-refractivity contribution in [1.29, 1.82) is 0 Å². The van der Waals surface area contributed by atoms with E-state index in [0.717, 1.165) is 12.8 Å². The van der Waals surface area contributed by atoms with Crippen molar-refractivity contribution in [2.45, 2.75) is 38.4 Å². The van der Waals surface area contributed by atoms with Crippen molar-refractivity contribution < 1.29 is 18.0 Å². The first kappa shape index (κ1) is 17.8. The van der Waals surface area contributed by atoms with E-state index in [1.807, 2.05) is 0 Å². The van der Waals surface area contributed by atoms with Crippen molar-refractivity contribution in [3.8, 4) is 0 Å². The van der Waals surface area contributed by atoms with Gasteiger partial charge in [-0.05, 0) is 37.8 Å². The summed E-state index contributed by atoms with van der Waals surface area (Å²) in [6.45, 7) is 0.365. The molecule has 4 nitrogen and oxygen atoms in total. The summed E-state index contributed by atoms with van der Waals surface area (Å²) in [5, 5.41) is 6.77. The second-order valence-electron chi connectivity index (χ2n) is 5.94. The van der Waals surface area contributed by atoms with Gasteiger partial charge in [0.15, 0.2) is 5.69 Å². The van der Waals surface area contributed by atoms with Crippen molar-refractivity contribution >= 4 is 17.5 Å². The van der Waals surface area contributed by atoms with Gasteiger partial charge in [0.25, 0.3) is 5.91 Å². The monoisotopic (exact) mass is 371 g/mol. The van der Waals surface area contributed by atoms with Crippen LogP contribution in [0.2, 0.25) is 5.02 Å². The SMILES string of the molecule is O=C(NCCn1nc(C(F)(F)F)c2c1CCCC2)c1ccccc1Cl. The molecule has 8 heteroatoms. The molecule has 0 atom stereocenters. The number of benzene rings is 1. The highest BCUT2D eigenvalue weighted by Crippen LogP contribution is 2.35. The number of nitrogens with one attached hydrogen (secondary N) is 1. The van der Waals surface area contributed by atoms with Crippen LogP contribution in [0.4, 0.5) is 13.2 Å². The van der Waals surface area contributed by atoms with Gasteiger partial charge in [-0.3, -0.25) is 9.48 Å². The van der Waals surface area contributed by atoms with Gasteiger partial charge >= 0.3 is 6.18 Å². The molecule has 134 valence electrons. The Balaban J connectivity index is 1.71. The molecule has 1 aliphatic carbocycles. The first-order valence-electron chi connectivity index (χ1n) is 8.06. The van der Waals surface area contributed by atoms with Gasteiger partial charge in [0, 0.05) is 17.8 Å². The Morgan fingerprint density at radius 3 is 2.68 bits per heavy atom. The molecule has 0 fully saturated rings. The molecule has 25 heavy (non-hydrogen) atoms. The molecule has 1 amide bonds. The molecule has 0 spiro atoms. The zero-order valence-corrected chi connectivity index (χ0v) is 14.1. The lowest BCUT2D eigenvalue weighted by Crippen LogP contribution is -2.28. The van der Waals surface area contributed by atoms with E-state index >= 15 is 0 Å². The van der Waals surface area contributed by atoms with Crippen LogP contribution >= 0.6 is 11.6 Å². The highest BCUT2D eigenvalue weighted by molar-refractivity contribution is 6.33. The quantitative estimate of drug-likeness (QED) is 0.887. The number of alkyl halides is 3. The van der Waals surface area contributed by atoms with Crippen LogP contribution in [0.1, 0.15) is 40.2 Å². The molecule has 1 heterocycles. The Kier molecular flexibility index (Phi) is 5.03. The predicted molar refractivity (Wildman–Crippen MR) is 87.7 cm³/mol. The molecule has 0 unspecified atom stereocenters. The molecule has 0 saturated heterocycles. The zero-order valence-electron chi connectivity index (χ0n) is 13.4. The molecular formula is C17H17ClF3N3O. The normalized spacial score (nSPS) is 14.2. The first-order valence-corrected chi connectivity index (χ1v) is 8.44. The molecule has 0 radical (unpaired) electrons. The Morgan fingerprint density at radius 2 is 1.96 bits per heavy atom. The molecule has 0 aliphatic heterocycles. The second kappa shape index (κ2) is 7.07. The minimum Gasteiger partial charge on any atom is -0.350 e. The van der Waals surface area contributed by atoms with Crippen LogP contribution in [-0.2, 0) is 25.6 Å². The fraction of sp³-hybridized carbons (Fsp3) is 0.412. The number of hydrogen-bond acceptors (Lipinski definition) is 2. The van der Waals surface area contributed by atoms with Crippen LogP contribution in [0, 0.1) is 0 Å². The van der Waals surface area contributed by atoms with Gasteiger partial charge in [-0.25, -0.2) is 0 Å². The Hall–Kier alpha value is -2.02. The summed E-state index contributed by atoms with van der Waals surface area (Å²) in [4.78, 5) is 12.1. The fourth-order valence-corrected chi connectivity index (χ4v) is 3.32. The fourth-order valence-electron chi connectivity index (χ4n) is 3.10. The number of nitrogens with zero attached hydrogens (tertiary/aromatic N) is 2. The number of carbonyl (C=O) groups excluding carboxylic acids is 1. The van der Waals surface area contributed by atoms with Crippen LogP contribution in [0.3, 0.4) is 0 Å². The van der Waals surface area contributed by atoms with Crippen molar-refractivity contribution in [2.75, 3.05) is 6.54 Å². The van der Waals surface area contributed by atoms with E-state index in [-0.39, 0.29) is 19.0 Å². The largest absolute Gasteiger partial charge is 0.435 e. The highest BCUT2D eigenvalue weighted by atomic mass is 35.5. The smallest absolute Gasteiger partial charge is 0.350 e. The minimum absolute atomic E-state index is 0.176. The number of aromatic nitrogens is 2. The zero-order chi connectivity index (χ0) is 18.0. The summed E-state index contributed by atoms with van der Waals surface area (Å²) >= 11 is 5.96. The third kappa shape index (κ3) is 3.81. The van der Waals surface area contributed by atoms with Crippen molar-refractivity contribution in [3.05, 3.63) is 51.8 Å². The predicted octanol–water partition coefficient (Wildman–Crippen LogP) is 3.86. The van der Waals surface area contributed by atoms with E-state index in [2.05, 4.69) is 10.4 Å². The highest BCUT2D eigenvalue weighted by Gasteiger charge is 2.39. The maximum absolute atomic E-state index is 13.1. The molecule has 0 bridgehead atoms. The Labute approximate surface area is 148 Å². The number of rotatable bonds is 4. The summed E-state index contributed by atoms with van der Waals surface area (Å²) in [6.07, 6.45) is -1.88. The maximum Gasteiger partial charge on any atom is 0.435 e. The van der Waals surface area contributed by atoms with E-state index in [1.165, 1.54) is 4.68 Å². The lowest BCUT2D eigenvalue weighted by atomic mass is 9.95. The summed E-state index contributed by atoms with van der Waals surface area (Å²) < 4.78 is 40.8. The van der Waals surface area contributed by atoms with Crippen molar-refractivity contribution in [1.82, 2.24) is 15.1 Å². The first-order chi connectivity index (χ1) is 11.9. The molecule has 1 N–H and O–H groups in total. The minimum atomic E-state index is -4.45. The molecule has 1 aromatic carbocycles. The maximum atomic E-state index is 13.1. The molecule has 2 aromatic rings. The van der Waals surface area contributed by atoms with E-state index in [9.17, 15) is 18.0 Å². The number of carbonyl (C=O) groups is 1. The van der Waals surface area contributed by atoms with Crippen molar-refractivity contribution in [2.24, 2.45) is 0 Å². The van der Waals surface area contributed by atoms with E-state index < -0.39 is 11.9 Å². The van der Waals surface area contributed by atoms with Gasteiger partial charge in [-0.2, -0.15) is 18.3 Å². The van der Waals surface area contributed by atoms with Gasteiger partial charge in [0.2, 0.25) is 0 Å². The van der Waals surface area contributed by atoms with E-state index in [4.69, 9.17) is 11.6 Å². The van der Waals surface area contributed by atoms with Crippen LogP contribution in [0.5, 0.6) is 0 Å². The average molecular weight is 372 g/mol. The van der Waals surface area contributed by atoms with Crippen LogP contribution < -0.4 is 5.32 Å². The van der Waals surface area contributed by atoms with Gasteiger partial charge in [-0.15, -0.1) is 0 Å². The van der Waals surface area contributed by atoms with Gasteiger partial charge in [-0.1, -0.05) is 23.7 Å². The summed E-state index contributed by atoms with van der Waals surface area (Å²) in [5.74, 6) is -0.359. The van der Waals surface area contributed by atoms with Crippen LogP contribution in [0.15, 0.2) is 24.3 Å². The third-order valence-electron chi connectivity index (χ3n) is 4.25. The number of hydrogen-bond donors (Lipinski definition) is 1. The lowest BCUT2D eigenvalue weighted by Gasteiger charge is -2.15. The van der Waals surface area contributed by atoms with Gasteiger partial charge in [0.1, 0.15) is 0 Å². The van der Waals surface area contributed by atoms with E-state index in [1.54, 1.807) is 24.3 Å². The summed E-state index contributed by atoms with van der Waals surface area (Å²) in [6, 6.07) is 6.61. The summed E-state index contributed by atoms with van der Waals surface area (Å²) in [7, 11) is 0. The van der Waals surface area contributed by atoms with Crippen LogP contribution in [0.25, 0.3) is 0 Å². The standard InChI is InChI=1S/C17H17ClF3N3O/c18-13-7-3-1-5-11(13)16(25)22-9-10-24-14-8-4-2-6-12(14)15(23-24)17(19,20)21/h1,3,5,7H,2,4,6,8-10H2,(H,22,25). The van der Waals surface area contributed by atoms with Crippen molar-refractivity contribution in [3.63, 3.8) is 0 Å². The molecule has 0 saturated carbocycles. The summed E-state index contributed by atoms with van der Waals surface area (Å²) in [5.41, 5.74) is 0.476. The lowest BCUT2D eigenvalue weighted by molar-refractivity contribution is -0.142. The second-order valence-corrected chi connectivity index (χ2v) is 6.34. The number of fused-ring (bicyclic) bond motifs is 1. The third-order valence-corrected chi connectivity index (χ3v) is 4.58. The Morgan fingerprint density at radius 1 is 1.24 bits per heavy atom. The van der Waals surface area contributed by atoms with Gasteiger partial charge in [0.05, 0.1) is 17.1 Å². The molecule has 1 aliphatic rings. The molecular weight excluding hydrogens is 355 g/mol. The van der Waals surface area contributed by atoms with Crippen LogP contribution in [-0.4, -0.2) is 22.2 Å². The average Bonchev–Trinajstić information content (AvgIpc) is 2.94. The van der Waals surface area contributed by atoms with E-state index in [0.29, 0.717) is 34.7 Å². The molecule has 3 rings (SSSR count). The number of amides is 1. The topological polar surface area (TPSA) is 46.9 Å². The molecule has 1 aromatic heterocycles. The van der Waals surface area contributed by atoms with Gasteiger partial charge < -0.3 is 5.32 Å². The number of halogens is 4. The Bertz CT molecular complexity index is 786.